The third-order valence-electron chi connectivity index (χ3n) is 1.83. The van der Waals surface area contributed by atoms with Crippen LogP contribution in [0.25, 0.3) is 0 Å². The van der Waals surface area contributed by atoms with Crippen molar-refractivity contribution >= 4 is 17.6 Å². The van der Waals surface area contributed by atoms with Crippen LogP contribution in [0.4, 0.5) is 10.1 Å². The van der Waals surface area contributed by atoms with Gasteiger partial charge in [0.1, 0.15) is 11.9 Å². The maximum atomic E-state index is 12.7. The molecular weight excluding hydrogens is 215 g/mol. The monoisotopic (exact) mass is 226 g/mol. The molecule has 16 heavy (non-hydrogen) atoms. The van der Waals surface area contributed by atoms with E-state index in [1.165, 1.54) is 18.2 Å². The number of halogens is 1. The van der Waals surface area contributed by atoms with Crippen molar-refractivity contribution in [3.05, 3.63) is 30.1 Å². The molecule has 1 unspecified atom stereocenters. The highest BCUT2D eigenvalue weighted by Gasteiger charge is 2.16. The van der Waals surface area contributed by atoms with Gasteiger partial charge in [-0.3, -0.25) is 9.59 Å². The van der Waals surface area contributed by atoms with Crippen molar-refractivity contribution in [2.45, 2.75) is 12.5 Å². The Bertz CT molecular complexity index is 409. The number of benzene rings is 1. The van der Waals surface area contributed by atoms with E-state index < -0.39 is 23.7 Å². The Labute approximate surface area is 91.1 Å². The molecule has 1 rings (SSSR count). The predicted molar refractivity (Wildman–Crippen MR) is 55.3 cm³/mol. The lowest BCUT2D eigenvalue weighted by Gasteiger charge is -2.07. The van der Waals surface area contributed by atoms with Gasteiger partial charge in [0.15, 0.2) is 0 Å². The van der Waals surface area contributed by atoms with Crippen LogP contribution in [0.15, 0.2) is 24.3 Å². The number of rotatable bonds is 4. The topological polar surface area (TPSA) is 92.4 Å². The Balaban J connectivity index is 2.55. The number of carbonyl (C=O) groups is 2. The minimum absolute atomic E-state index is 0.266. The summed E-state index contributed by atoms with van der Waals surface area (Å²) in [6, 6.07) is 4.03. The lowest BCUT2D eigenvalue weighted by atomic mass is 10.2. The van der Waals surface area contributed by atoms with Gasteiger partial charge in [-0.1, -0.05) is 6.07 Å². The number of nitrogens with one attached hydrogen (secondary N) is 1. The standard InChI is InChI=1S/C10H11FN2O3/c11-6-2-1-3-7(4-6)13-9(14)5-8(12)10(15)16/h1-4,8H,5,12H2,(H,13,14)(H,15,16). The van der Waals surface area contributed by atoms with Crippen molar-refractivity contribution in [2.24, 2.45) is 5.73 Å². The number of hydrogen-bond donors (Lipinski definition) is 3. The van der Waals surface area contributed by atoms with Gasteiger partial charge in [-0.25, -0.2) is 4.39 Å². The number of carboxylic acids is 1. The third kappa shape index (κ3) is 3.66. The average Bonchev–Trinajstić information content (AvgIpc) is 2.16. The zero-order chi connectivity index (χ0) is 12.1. The van der Waals surface area contributed by atoms with E-state index >= 15 is 0 Å². The van der Waals surface area contributed by atoms with Crippen LogP contribution in [0.5, 0.6) is 0 Å². The van der Waals surface area contributed by atoms with Gasteiger partial charge in [-0.15, -0.1) is 0 Å². The predicted octanol–water partition coefficient (Wildman–Crippen LogP) is 0.566. The van der Waals surface area contributed by atoms with Crippen molar-refractivity contribution < 1.29 is 19.1 Å². The van der Waals surface area contributed by atoms with E-state index in [9.17, 15) is 14.0 Å². The number of carboxylic acid groups (broad SMARTS) is 1. The molecule has 0 aliphatic rings. The number of nitrogens with two attached hydrogens (primary N) is 1. The molecule has 1 amide bonds. The summed E-state index contributed by atoms with van der Waals surface area (Å²) in [6.07, 6.45) is -0.355. The van der Waals surface area contributed by atoms with Gasteiger partial charge in [-0.2, -0.15) is 0 Å². The van der Waals surface area contributed by atoms with Crippen molar-refractivity contribution in [1.29, 1.82) is 0 Å². The Morgan fingerprint density at radius 2 is 2.19 bits per heavy atom. The molecule has 5 nitrogen and oxygen atoms in total. The van der Waals surface area contributed by atoms with Gasteiger partial charge in [0.05, 0.1) is 6.42 Å². The molecule has 0 saturated heterocycles. The number of anilines is 1. The largest absolute Gasteiger partial charge is 0.480 e. The van der Waals surface area contributed by atoms with Crippen LogP contribution in [-0.2, 0) is 9.59 Å². The molecular formula is C10H11FN2O3. The number of carbonyl (C=O) groups excluding carboxylic acids is 1. The van der Waals surface area contributed by atoms with E-state index in [-0.39, 0.29) is 12.1 Å². The van der Waals surface area contributed by atoms with Gasteiger partial charge in [-0.05, 0) is 18.2 Å². The van der Waals surface area contributed by atoms with Crippen molar-refractivity contribution in [2.75, 3.05) is 5.32 Å². The molecule has 0 spiro atoms. The molecule has 0 aromatic heterocycles. The van der Waals surface area contributed by atoms with Crippen LogP contribution in [-0.4, -0.2) is 23.0 Å². The molecule has 0 aliphatic carbocycles. The number of aliphatic carboxylic acids is 1. The van der Waals surface area contributed by atoms with Crippen LogP contribution in [0.2, 0.25) is 0 Å². The summed E-state index contributed by atoms with van der Waals surface area (Å²) in [5.41, 5.74) is 5.43. The second kappa shape index (κ2) is 5.22. The summed E-state index contributed by atoms with van der Waals surface area (Å²) in [4.78, 5) is 21.6. The summed E-state index contributed by atoms with van der Waals surface area (Å²) < 4.78 is 12.7. The Kier molecular flexibility index (Phi) is 3.96. The highest BCUT2D eigenvalue weighted by molar-refractivity contribution is 5.93. The molecule has 0 saturated carbocycles. The maximum absolute atomic E-state index is 12.7. The zero-order valence-corrected chi connectivity index (χ0v) is 8.31. The molecule has 1 aromatic rings. The second-order valence-corrected chi connectivity index (χ2v) is 3.21. The Morgan fingerprint density at radius 3 is 2.75 bits per heavy atom. The lowest BCUT2D eigenvalue weighted by Crippen LogP contribution is -2.34. The number of hydrogen-bond acceptors (Lipinski definition) is 3. The Morgan fingerprint density at radius 1 is 1.50 bits per heavy atom. The third-order valence-corrected chi connectivity index (χ3v) is 1.83. The van der Waals surface area contributed by atoms with E-state index in [1.54, 1.807) is 0 Å². The van der Waals surface area contributed by atoms with Crippen molar-refractivity contribution in [3.8, 4) is 0 Å². The first-order chi connectivity index (χ1) is 7.49. The first kappa shape index (κ1) is 12.1. The van der Waals surface area contributed by atoms with E-state index in [1.807, 2.05) is 0 Å². The fourth-order valence-corrected chi connectivity index (χ4v) is 1.07. The highest BCUT2D eigenvalue weighted by atomic mass is 19.1. The molecule has 0 fully saturated rings. The minimum Gasteiger partial charge on any atom is -0.480 e. The first-order valence-corrected chi connectivity index (χ1v) is 4.53. The van der Waals surface area contributed by atoms with Crippen LogP contribution in [0, 0.1) is 5.82 Å². The highest BCUT2D eigenvalue weighted by Crippen LogP contribution is 2.09. The summed E-state index contributed by atoms with van der Waals surface area (Å²) in [6.45, 7) is 0. The fraction of sp³-hybridized carbons (Fsp3) is 0.200. The summed E-state index contributed by atoms with van der Waals surface area (Å²) >= 11 is 0. The molecule has 86 valence electrons. The quantitative estimate of drug-likeness (QED) is 0.699. The smallest absolute Gasteiger partial charge is 0.321 e. The van der Waals surface area contributed by atoms with Crippen LogP contribution in [0.3, 0.4) is 0 Å². The molecule has 0 heterocycles. The maximum Gasteiger partial charge on any atom is 0.321 e. The second-order valence-electron chi connectivity index (χ2n) is 3.21. The first-order valence-electron chi connectivity index (χ1n) is 4.53. The SMILES string of the molecule is NC(CC(=O)Nc1cccc(F)c1)C(=O)O. The molecule has 1 aromatic carbocycles. The molecule has 6 heteroatoms. The van der Waals surface area contributed by atoms with Gasteiger partial charge in [0, 0.05) is 5.69 Å². The molecule has 0 bridgehead atoms. The summed E-state index contributed by atoms with van der Waals surface area (Å²) in [5, 5.41) is 10.8. The molecule has 1 atom stereocenters. The van der Waals surface area contributed by atoms with Gasteiger partial charge < -0.3 is 16.2 Å². The van der Waals surface area contributed by atoms with Crippen molar-refractivity contribution in [3.63, 3.8) is 0 Å². The van der Waals surface area contributed by atoms with E-state index in [0.717, 1.165) is 6.07 Å². The van der Waals surface area contributed by atoms with Crippen molar-refractivity contribution in [1.82, 2.24) is 0 Å². The Hall–Kier alpha value is -1.95. The molecule has 0 aliphatic heterocycles. The molecule has 4 N–H and O–H groups in total. The van der Waals surface area contributed by atoms with Gasteiger partial charge in [0.25, 0.3) is 0 Å². The summed E-state index contributed by atoms with van der Waals surface area (Å²) in [7, 11) is 0. The van der Waals surface area contributed by atoms with E-state index in [0.29, 0.717) is 0 Å². The lowest BCUT2D eigenvalue weighted by molar-refractivity contribution is -0.140. The van der Waals surface area contributed by atoms with Crippen LogP contribution in [0.1, 0.15) is 6.42 Å². The average molecular weight is 226 g/mol. The van der Waals surface area contributed by atoms with E-state index in [4.69, 9.17) is 10.8 Å². The van der Waals surface area contributed by atoms with E-state index in [2.05, 4.69) is 5.32 Å². The van der Waals surface area contributed by atoms with Crippen LogP contribution < -0.4 is 11.1 Å². The molecule has 0 radical (unpaired) electrons. The minimum atomic E-state index is -1.26. The van der Waals surface area contributed by atoms with Crippen LogP contribution >= 0.6 is 0 Å². The summed E-state index contributed by atoms with van der Waals surface area (Å²) in [5.74, 6) is -2.31. The fourth-order valence-electron chi connectivity index (χ4n) is 1.07. The number of amides is 1. The van der Waals surface area contributed by atoms with Gasteiger partial charge in [0.2, 0.25) is 5.91 Å². The zero-order valence-electron chi connectivity index (χ0n) is 8.31. The normalized spacial score (nSPS) is 11.9. The van der Waals surface area contributed by atoms with Gasteiger partial charge >= 0.3 is 5.97 Å².